The maximum Gasteiger partial charge on any atom is 0.159 e. The molecule has 0 aromatic heterocycles. The van der Waals surface area contributed by atoms with Gasteiger partial charge in [-0.25, -0.2) is 8.78 Å². The Morgan fingerprint density at radius 1 is 1.33 bits per heavy atom. The van der Waals surface area contributed by atoms with Crippen LogP contribution in [-0.4, -0.2) is 5.11 Å². The number of nitrogens with one attached hydrogen (secondary N) is 1. The Hall–Kier alpha value is -1.23. The lowest BCUT2D eigenvalue weighted by atomic mass is 10.0. The molecule has 0 heterocycles. The van der Waals surface area contributed by atoms with Gasteiger partial charge >= 0.3 is 0 Å². The van der Waals surface area contributed by atoms with Crippen LogP contribution >= 0.6 is 12.2 Å². The first-order valence-electron chi connectivity index (χ1n) is 4.38. The average Bonchev–Trinajstić information content (AvgIpc) is 2.09. The van der Waals surface area contributed by atoms with E-state index in [-0.39, 0.29) is 16.7 Å². The van der Waals surface area contributed by atoms with Crippen molar-refractivity contribution in [2.75, 3.05) is 0 Å². The Balaban J connectivity index is 3.21. The number of halogens is 2. The Labute approximate surface area is 92.5 Å². The van der Waals surface area contributed by atoms with E-state index in [0.29, 0.717) is 5.56 Å². The zero-order valence-electron chi connectivity index (χ0n) is 8.34. The van der Waals surface area contributed by atoms with Gasteiger partial charge in [-0.15, -0.1) is 17.9 Å². The van der Waals surface area contributed by atoms with Gasteiger partial charge in [-0.3, -0.25) is 0 Å². The summed E-state index contributed by atoms with van der Waals surface area (Å²) in [6, 6.07) is 2.06. The summed E-state index contributed by atoms with van der Waals surface area (Å²) < 4.78 is 25.9. The maximum atomic E-state index is 13.0. The Bertz CT molecular complexity index is 391. The average molecular weight is 228 g/mol. The molecule has 15 heavy (non-hydrogen) atoms. The smallest absolute Gasteiger partial charge is 0.159 e. The second kappa shape index (κ2) is 4.53. The summed E-state index contributed by atoms with van der Waals surface area (Å²) in [6.07, 6.45) is 0. The van der Waals surface area contributed by atoms with Crippen molar-refractivity contribution in [2.45, 2.75) is 19.8 Å². The van der Waals surface area contributed by atoms with Crippen molar-refractivity contribution >= 4 is 23.0 Å². The van der Waals surface area contributed by atoms with Crippen LogP contribution in [0.4, 0.5) is 14.5 Å². The molecule has 1 aromatic rings. The molecular weight excluding hydrogens is 218 g/mol. The van der Waals surface area contributed by atoms with Gasteiger partial charge in [0.15, 0.2) is 11.6 Å². The number of rotatable bonds is 2. The second-order valence-electron chi connectivity index (χ2n) is 3.40. The molecule has 1 aromatic carbocycles. The number of hydrogen-bond donors (Lipinski definition) is 0. The normalized spacial score (nSPS) is 10.5. The fourth-order valence-corrected chi connectivity index (χ4v) is 1.32. The minimum absolute atomic E-state index is 0.00630. The number of nitrogens with zero attached hydrogens (tertiary/aromatic N) is 1. The lowest BCUT2D eigenvalue weighted by molar-refractivity contribution is 0.507. The summed E-state index contributed by atoms with van der Waals surface area (Å²) in [7, 11) is 0. The van der Waals surface area contributed by atoms with Crippen LogP contribution in [0.2, 0.25) is 0 Å². The van der Waals surface area contributed by atoms with Gasteiger partial charge in [0.25, 0.3) is 0 Å². The first-order valence-corrected chi connectivity index (χ1v) is 4.79. The molecule has 82 valence electrons. The highest BCUT2D eigenvalue weighted by Gasteiger charge is 2.07. The molecule has 0 bridgehead atoms. The maximum absolute atomic E-state index is 13.0. The van der Waals surface area contributed by atoms with Crippen molar-refractivity contribution in [2.24, 2.45) is 0 Å². The first-order chi connectivity index (χ1) is 6.91. The van der Waals surface area contributed by atoms with Crippen LogP contribution in [-0.2, 0) is 0 Å². The summed E-state index contributed by atoms with van der Waals surface area (Å²) in [5.41, 5.74) is 7.80. The third-order valence-electron chi connectivity index (χ3n) is 1.91. The molecule has 0 spiro atoms. The van der Waals surface area contributed by atoms with E-state index in [1.165, 1.54) is 0 Å². The lowest BCUT2D eigenvalue weighted by Crippen LogP contribution is -1.95. The topological polar surface area (TPSA) is 37.9 Å². The third kappa shape index (κ3) is 2.86. The van der Waals surface area contributed by atoms with E-state index < -0.39 is 11.6 Å². The molecule has 0 aliphatic carbocycles. The van der Waals surface area contributed by atoms with E-state index >= 15 is 0 Å². The molecule has 0 aliphatic rings. The number of hydrogen-bond acceptors (Lipinski definition) is 1. The van der Waals surface area contributed by atoms with Crippen molar-refractivity contribution in [3.05, 3.63) is 40.4 Å². The standard InChI is InChI=1S/C10H11F2N2S/c1-5(2)6-3-7(11)8(12)4-9(6)14-10(13)15/h3-5H,1-2H3,(H2-,13,14,15)/q-1/p-1. The molecule has 1 N–H and O–H groups in total. The minimum atomic E-state index is -0.977. The lowest BCUT2D eigenvalue weighted by Gasteiger charge is -2.30. The molecule has 5 heteroatoms. The largest absolute Gasteiger partial charge is 0.709 e. The van der Waals surface area contributed by atoms with Crippen LogP contribution in [0.15, 0.2) is 12.1 Å². The summed E-state index contributed by atoms with van der Waals surface area (Å²) in [5.74, 6) is -1.89. The van der Waals surface area contributed by atoms with Gasteiger partial charge in [0, 0.05) is 0 Å². The molecule has 1 rings (SSSR count). The van der Waals surface area contributed by atoms with E-state index in [4.69, 9.17) is 5.73 Å². The van der Waals surface area contributed by atoms with E-state index in [2.05, 4.69) is 17.5 Å². The predicted octanol–water partition coefficient (Wildman–Crippen LogP) is 4.43. The quantitative estimate of drug-likeness (QED) is 0.690. The summed E-state index contributed by atoms with van der Waals surface area (Å²) in [5, 5.41) is 3.33. The highest BCUT2D eigenvalue weighted by molar-refractivity contribution is 7.81. The zero-order valence-corrected chi connectivity index (χ0v) is 9.16. The molecule has 0 saturated carbocycles. The van der Waals surface area contributed by atoms with Crippen molar-refractivity contribution in [3.8, 4) is 0 Å². The molecule has 0 radical (unpaired) electrons. The van der Waals surface area contributed by atoms with Gasteiger partial charge in [-0.05, 0) is 18.1 Å². The van der Waals surface area contributed by atoms with E-state index in [1.807, 2.05) is 13.8 Å². The predicted molar refractivity (Wildman–Crippen MR) is 60.4 cm³/mol. The van der Waals surface area contributed by atoms with Crippen LogP contribution < -0.4 is 0 Å². The third-order valence-corrected chi connectivity index (χ3v) is 2.00. The Morgan fingerprint density at radius 3 is 2.33 bits per heavy atom. The molecule has 0 fully saturated rings. The zero-order chi connectivity index (χ0) is 11.6. The molecule has 0 unspecified atom stereocenters. The summed E-state index contributed by atoms with van der Waals surface area (Å²) in [6.45, 7) is 3.66. The highest BCUT2D eigenvalue weighted by Crippen LogP contribution is 2.32. The van der Waals surface area contributed by atoms with Crippen molar-refractivity contribution < 1.29 is 8.78 Å². The van der Waals surface area contributed by atoms with E-state index in [9.17, 15) is 8.78 Å². The first kappa shape index (κ1) is 11.8. The van der Waals surface area contributed by atoms with Crippen molar-refractivity contribution in [1.82, 2.24) is 0 Å². The molecular formula is C10H10F2N2S-2. The number of benzene rings is 1. The van der Waals surface area contributed by atoms with Gasteiger partial charge < -0.3 is 11.1 Å². The fourth-order valence-electron chi connectivity index (χ4n) is 1.22. The van der Waals surface area contributed by atoms with Crippen LogP contribution in [0, 0.1) is 11.6 Å². The van der Waals surface area contributed by atoms with Crippen LogP contribution in [0.25, 0.3) is 11.1 Å². The Kier molecular flexibility index (Phi) is 3.57. The van der Waals surface area contributed by atoms with Crippen LogP contribution in [0.1, 0.15) is 25.3 Å². The fraction of sp³-hybridized carbons (Fsp3) is 0.300. The van der Waals surface area contributed by atoms with Gasteiger partial charge in [0.1, 0.15) is 0 Å². The minimum Gasteiger partial charge on any atom is -0.709 e. The van der Waals surface area contributed by atoms with Gasteiger partial charge in [-0.2, -0.15) is 5.11 Å². The van der Waals surface area contributed by atoms with Crippen LogP contribution in [0.3, 0.4) is 0 Å². The summed E-state index contributed by atoms with van der Waals surface area (Å²) in [4.78, 5) is 0. The second-order valence-corrected chi connectivity index (χ2v) is 3.78. The highest BCUT2D eigenvalue weighted by atomic mass is 32.1. The molecule has 0 aliphatic heterocycles. The molecule has 0 atom stereocenters. The van der Waals surface area contributed by atoms with Gasteiger partial charge in [0.05, 0.1) is 0 Å². The SMILES string of the molecule is CC(C)c1cc(F)c(F)cc1[N-]C([NH-])=S. The molecule has 0 amide bonds. The monoisotopic (exact) mass is 228 g/mol. The van der Waals surface area contributed by atoms with E-state index in [1.54, 1.807) is 0 Å². The Morgan fingerprint density at radius 2 is 1.87 bits per heavy atom. The van der Waals surface area contributed by atoms with Gasteiger partial charge in [-0.1, -0.05) is 19.4 Å². The van der Waals surface area contributed by atoms with E-state index in [0.717, 1.165) is 12.1 Å². The van der Waals surface area contributed by atoms with Gasteiger partial charge in [0.2, 0.25) is 0 Å². The summed E-state index contributed by atoms with van der Waals surface area (Å²) >= 11 is 4.48. The van der Waals surface area contributed by atoms with Crippen molar-refractivity contribution in [1.29, 1.82) is 0 Å². The van der Waals surface area contributed by atoms with Crippen molar-refractivity contribution in [3.63, 3.8) is 0 Å². The molecule has 0 saturated heterocycles. The van der Waals surface area contributed by atoms with Crippen LogP contribution in [0.5, 0.6) is 0 Å². The number of thiocarbonyl (C=S) groups is 1. The molecule has 2 nitrogen and oxygen atoms in total.